The number of rotatable bonds is 8. The van der Waals surface area contributed by atoms with Crippen molar-refractivity contribution in [1.82, 2.24) is 4.98 Å². The van der Waals surface area contributed by atoms with Crippen LogP contribution in [-0.2, 0) is 4.79 Å². The highest BCUT2D eigenvalue weighted by Crippen LogP contribution is 2.15. The van der Waals surface area contributed by atoms with Crippen LogP contribution in [-0.4, -0.2) is 23.8 Å². The highest BCUT2D eigenvalue weighted by Gasteiger charge is 2.03. The van der Waals surface area contributed by atoms with E-state index in [9.17, 15) is 4.79 Å². The molecule has 2 aromatic rings. The van der Waals surface area contributed by atoms with E-state index in [2.05, 4.69) is 10.3 Å². The van der Waals surface area contributed by atoms with Crippen LogP contribution in [0.25, 0.3) is 0 Å². The van der Waals surface area contributed by atoms with Gasteiger partial charge in [0.25, 0.3) is 0 Å². The number of aromatic nitrogens is 1. The lowest BCUT2D eigenvalue weighted by molar-refractivity contribution is -0.116. The molecule has 23 heavy (non-hydrogen) atoms. The molecule has 0 bridgehead atoms. The Bertz CT molecular complexity index is 629. The van der Waals surface area contributed by atoms with Crippen LogP contribution in [0.2, 0.25) is 0 Å². The van der Waals surface area contributed by atoms with Gasteiger partial charge in [-0.15, -0.1) is 11.8 Å². The van der Waals surface area contributed by atoms with Gasteiger partial charge in [0.2, 0.25) is 5.91 Å². The van der Waals surface area contributed by atoms with Crippen molar-refractivity contribution in [2.24, 2.45) is 0 Å². The van der Waals surface area contributed by atoms with Crippen molar-refractivity contribution in [2.75, 3.05) is 18.2 Å². The molecular formula is C18H22N2O2S. The van der Waals surface area contributed by atoms with Gasteiger partial charge in [-0.25, -0.2) is 4.98 Å². The average molecular weight is 330 g/mol. The van der Waals surface area contributed by atoms with Crippen LogP contribution >= 0.6 is 11.8 Å². The van der Waals surface area contributed by atoms with Crippen molar-refractivity contribution in [3.05, 3.63) is 48.2 Å². The second-order valence-electron chi connectivity index (χ2n) is 5.26. The molecule has 122 valence electrons. The number of ether oxygens (including phenoxy) is 1. The molecule has 0 aliphatic carbocycles. The zero-order chi connectivity index (χ0) is 16.5. The summed E-state index contributed by atoms with van der Waals surface area (Å²) in [5.41, 5.74) is 1.92. The number of pyridine rings is 1. The topological polar surface area (TPSA) is 51.2 Å². The van der Waals surface area contributed by atoms with Gasteiger partial charge in [0.1, 0.15) is 5.75 Å². The third-order valence-electron chi connectivity index (χ3n) is 3.29. The van der Waals surface area contributed by atoms with E-state index in [4.69, 9.17) is 4.74 Å². The third kappa shape index (κ3) is 6.32. The second-order valence-corrected chi connectivity index (χ2v) is 6.09. The zero-order valence-electron chi connectivity index (χ0n) is 13.5. The van der Waals surface area contributed by atoms with E-state index >= 15 is 0 Å². The Morgan fingerprint density at radius 2 is 2.13 bits per heavy atom. The Hall–Kier alpha value is -2.01. The summed E-state index contributed by atoms with van der Waals surface area (Å²) in [6.45, 7) is 2.67. The van der Waals surface area contributed by atoms with E-state index in [1.54, 1.807) is 18.0 Å². The average Bonchev–Trinajstić information content (AvgIpc) is 2.55. The van der Waals surface area contributed by atoms with Crippen LogP contribution in [0.4, 0.5) is 5.69 Å². The molecule has 0 radical (unpaired) electrons. The first-order valence-electron chi connectivity index (χ1n) is 7.67. The summed E-state index contributed by atoms with van der Waals surface area (Å²) < 4.78 is 5.67. The molecular weight excluding hydrogens is 308 g/mol. The first-order valence-corrected chi connectivity index (χ1v) is 8.89. The van der Waals surface area contributed by atoms with Crippen LogP contribution in [0, 0.1) is 6.92 Å². The highest BCUT2D eigenvalue weighted by atomic mass is 32.2. The smallest absolute Gasteiger partial charge is 0.224 e. The van der Waals surface area contributed by atoms with E-state index in [0.29, 0.717) is 13.0 Å². The van der Waals surface area contributed by atoms with Gasteiger partial charge >= 0.3 is 0 Å². The molecule has 0 saturated heterocycles. The van der Waals surface area contributed by atoms with Gasteiger partial charge in [-0.2, -0.15) is 0 Å². The number of nitrogens with one attached hydrogen (secondary N) is 1. The van der Waals surface area contributed by atoms with E-state index in [1.807, 2.05) is 49.6 Å². The number of nitrogens with zero attached hydrogens (tertiary/aromatic N) is 1. The van der Waals surface area contributed by atoms with Gasteiger partial charge < -0.3 is 10.1 Å². The van der Waals surface area contributed by atoms with E-state index in [-0.39, 0.29) is 5.91 Å². The van der Waals surface area contributed by atoms with Gasteiger partial charge in [-0.1, -0.05) is 12.1 Å². The molecule has 1 amide bonds. The lowest BCUT2D eigenvalue weighted by Gasteiger charge is -2.07. The molecule has 1 N–H and O–H groups in total. The van der Waals surface area contributed by atoms with E-state index < -0.39 is 0 Å². The standard InChI is InChI=1S/C18H22N2O2S/c1-14-6-5-7-16(12-14)22-11-4-3-8-17(21)20-15-9-10-18(23-2)19-13-15/h5-7,9-10,12-13H,3-4,8,11H2,1-2H3,(H,20,21). The van der Waals surface area contributed by atoms with E-state index in [1.165, 1.54) is 5.56 Å². The minimum absolute atomic E-state index is 0.0132. The largest absolute Gasteiger partial charge is 0.494 e. The summed E-state index contributed by atoms with van der Waals surface area (Å²) in [6, 6.07) is 11.8. The van der Waals surface area contributed by atoms with Gasteiger partial charge in [-0.05, 0) is 55.9 Å². The Morgan fingerprint density at radius 1 is 1.26 bits per heavy atom. The molecule has 2 rings (SSSR count). The number of hydrogen-bond donors (Lipinski definition) is 1. The molecule has 4 nitrogen and oxygen atoms in total. The number of aryl methyl sites for hydroxylation is 1. The van der Waals surface area contributed by atoms with Crippen LogP contribution in [0.3, 0.4) is 0 Å². The van der Waals surface area contributed by atoms with Gasteiger partial charge in [0, 0.05) is 6.42 Å². The minimum Gasteiger partial charge on any atom is -0.494 e. The fourth-order valence-electron chi connectivity index (χ4n) is 2.08. The maximum Gasteiger partial charge on any atom is 0.224 e. The summed E-state index contributed by atoms with van der Waals surface area (Å²) in [6.07, 6.45) is 5.80. The normalized spacial score (nSPS) is 10.3. The summed E-state index contributed by atoms with van der Waals surface area (Å²) in [4.78, 5) is 16.1. The van der Waals surface area contributed by atoms with Crippen LogP contribution in [0.1, 0.15) is 24.8 Å². The predicted octanol–water partition coefficient (Wildman–Crippen LogP) is 4.30. The van der Waals surface area contributed by atoms with Gasteiger partial charge in [0.05, 0.1) is 23.5 Å². The third-order valence-corrected chi connectivity index (χ3v) is 3.95. The number of thioether (sulfide) groups is 1. The Labute approximate surface area is 141 Å². The van der Waals surface area contributed by atoms with Crippen molar-refractivity contribution < 1.29 is 9.53 Å². The SMILES string of the molecule is CSc1ccc(NC(=O)CCCCOc2cccc(C)c2)cn1. The lowest BCUT2D eigenvalue weighted by atomic mass is 10.2. The van der Waals surface area contributed by atoms with E-state index in [0.717, 1.165) is 29.3 Å². The molecule has 1 heterocycles. The van der Waals surface area contributed by atoms with Crippen molar-refractivity contribution >= 4 is 23.4 Å². The molecule has 1 aromatic carbocycles. The second kappa shape index (κ2) is 9.20. The molecule has 0 fully saturated rings. The Balaban J connectivity index is 1.62. The Morgan fingerprint density at radius 3 is 2.83 bits per heavy atom. The highest BCUT2D eigenvalue weighted by molar-refractivity contribution is 7.98. The van der Waals surface area contributed by atoms with Gasteiger partial charge in [-0.3, -0.25) is 4.79 Å². The van der Waals surface area contributed by atoms with Crippen molar-refractivity contribution in [2.45, 2.75) is 31.2 Å². The lowest BCUT2D eigenvalue weighted by Crippen LogP contribution is -2.11. The summed E-state index contributed by atoms with van der Waals surface area (Å²) >= 11 is 1.58. The maximum atomic E-state index is 11.9. The number of benzene rings is 1. The number of unbranched alkanes of at least 4 members (excludes halogenated alkanes) is 1. The van der Waals surface area contributed by atoms with Crippen LogP contribution in [0.15, 0.2) is 47.6 Å². The Kier molecular flexibility index (Phi) is 6.94. The summed E-state index contributed by atoms with van der Waals surface area (Å²) in [7, 11) is 0. The number of hydrogen-bond acceptors (Lipinski definition) is 4. The molecule has 1 aromatic heterocycles. The molecule has 0 atom stereocenters. The first kappa shape index (κ1) is 17.3. The predicted molar refractivity (Wildman–Crippen MR) is 95.2 cm³/mol. The first-order chi connectivity index (χ1) is 11.2. The number of amides is 1. The maximum absolute atomic E-state index is 11.9. The molecule has 0 aliphatic heterocycles. The molecule has 0 saturated carbocycles. The fourth-order valence-corrected chi connectivity index (χ4v) is 2.44. The van der Waals surface area contributed by atoms with Crippen LogP contribution in [0.5, 0.6) is 5.75 Å². The van der Waals surface area contributed by atoms with Crippen molar-refractivity contribution in [3.8, 4) is 5.75 Å². The van der Waals surface area contributed by atoms with Crippen LogP contribution < -0.4 is 10.1 Å². The minimum atomic E-state index is 0.0132. The fraction of sp³-hybridized carbons (Fsp3) is 0.333. The van der Waals surface area contributed by atoms with Crippen molar-refractivity contribution in [3.63, 3.8) is 0 Å². The number of anilines is 1. The summed E-state index contributed by atoms with van der Waals surface area (Å²) in [5, 5.41) is 3.80. The number of carbonyl (C=O) groups is 1. The molecule has 5 heteroatoms. The zero-order valence-corrected chi connectivity index (χ0v) is 14.4. The summed E-state index contributed by atoms with van der Waals surface area (Å²) in [5.74, 6) is 0.897. The quantitative estimate of drug-likeness (QED) is 0.579. The molecule has 0 spiro atoms. The van der Waals surface area contributed by atoms with Gasteiger partial charge in [0.15, 0.2) is 0 Å². The van der Waals surface area contributed by atoms with Crippen molar-refractivity contribution in [1.29, 1.82) is 0 Å². The monoisotopic (exact) mass is 330 g/mol. The number of carbonyl (C=O) groups excluding carboxylic acids is 1. The molecule has 0 aliphatic rings. The molecule has 0 unspecified atom stereocenters.